The molecule has 5 nitrogen and oxygen atoms in total. The van der Waals surface area contributed by atoms with Gasteiger partial charge in [0.2, 0.25) is 0 Å². The molecular weight excluding hydrogens is 348 g/mol. The maximum absolute atomic E-state index is 12.7. The minimum Gasteiger partial charge on any atom is -0.486 e. The maximum Gasteiger partial charge on any atom is 0.279 e. The van der Waals surface area contributed by atoms with E-state index in [9.17, 15) is 4.79 Å². The molecule has 1 aliphatic heterocycles. The van der Waals surface area contributed by atoms with E-state index in [4.69, 9.17) is 9.47 Å². The van der Waals surface area contributed by atoms with Crippen molar-refractivity contribution in [1.29, 1.82) is 0 Å². The Bertz CT molecular complexity index is 1080. The van der Waals surface area contributed by atoms with E-state index < -0.39 is 0 Å². The SMILES string of the molecule is C=CCn1c(=NC(=O)c2ccc3c(c2)OCCO3)sc2cccc(C)c21. The minimum absolute atomic E-state index is 0.302. The van der Waals surface area contributed by atoms with Crippen LogP contribution in [0.25, 0.3) is 10.2 Å². The Kier molecular flexibility index (Phi) is 4.34. The highest BCUT2D eigenvalue weighted by atomic mass is 32.1. The molecule has 3 aromatic rings. The predicted molar refractivity (Wildman–Crippen MR) is 102 cm³/mol. The third-order valence-electron chi connectivity index (χ3n) is 4.20. The molecule has 0 spiro atoms. The van der Waals surface area contributed by atoms with Crippen molar-refractivity contribution >= 4 is 27.5 Å². The third-order valence-corrected chi connectivity index (χ3v) is 5.24. The summed E-state index contributed by atoms with van der Waals surface area (Å²) in [5.74, 6) is 0.944. The number of fused-ring (bicyclic) bond motifs is 2. The number of thiazole rings is 1. The first-order valence-electron chi connectivity index (χ1n) is 8.36. The molecule has 2 heterocycles. The van der Waals surface area contributed by atoms with Gasteiger partial charge in [-0.05, 0) is 36.8 Å². The van der Waals surface area contributed by atoms with Crippen LogP contribution in [0.15, 0.2) is 54.0 Å². The molecule has 0 aliphatic carbocycles. The molecule has 132 valence electrons. The number of aromatic nitrogens is 1. The molecule has 26 heavy (non-hydrogen) atoms. The largest absolute Gasteiger partial charge is 0.486 e. The molecule has 0 fully saturated rings. The van der Waals surface area contributed by atoms with Crippen LogP contribution < -0.4 is 14.3 Å². The first-order valence-corrected chi connectivity index (χ1v) is 9.17. The normalized spacial score (nSPS) is 13.8. The summed E-state index contributed by atoms with van der Waals surface area (Å²) in [6, 6.07) is 11.3. The molecule has 0 N–H and O–H groups in total. The zero-order chi connectivity index (χ0) is 18.1. The van der Waals surface area contributed by atoms with Gasteiger partial charge in [-0.2, -0.15) is 4.99 Å². The van der Waals surface area contributed by atoms with E-state index in [1.807, 2.05) is 22.8 Å². The number of para-hydroxylation sites is 1. The van der Waals surface area contributed by atoms with Crippen molar-refractivity contribution in [3.8, 4) is 11.5 Å². The van der Waals surface area contributed by atoms with Gasteiger partial charge >= 0.3 is 0 Å². The van der Waals surface area contributed by atoms with Crippen molar-refractivity contribution in [2.45, 2.75) is 13.5 Å². The van der Waals surface area contributed by atoms with Gasteiger partial charge in [0.05, 0.1) is 10.2 Å². The van der Waals surface area contributed by atoms with E-state index in [2.05, 4.69) is 24.6 Å². The Morgan fingerprint density at radius 1 is 1.27 bits per heavy atom. The number of carbonyl (C=O) groups is 1. The van der Waals surface area contributed by atoms with Gasteiger partial charge in [-0.3, -0.25) is 4.79 Å². The lowest BCUT2D eigenvalue weighted by molar-refractivity contribution is 0.0996. The van der Waals surface area contributed by atoms with Gasteiger partial charge in [-0.15, -0.1) is 6.58 Å². The summed E-state index contributed by atoms with van der Waals surface area (Å²) in [7, 11) is 0. The molecule has 0 saturated heterocycles. The number of ether oxygens (including phenoxy) is 2. The molecule has 4 rings (SSSR count). The summed E-state index contributed by atoms with van der Waals surface area (Å²) in [4.78, 5) is 17.8. The van der Waals surface area contributed by atoms with E-state index in [0.717, 1.165) is 15.8 Å². The van der Waals surface area contributed by atoms with Crippen LogP contribution in [0.5, 0.6) is 11.5 Å². The highest BCUT2D eigenvalue weighted by Crippen LogP contribution is 2.31. The highest BCUT2D eigenvalue weighted by molar-refractivity contribution is 7.16. The number of benzene rings is 2. The van der Waals surface area contributed by atoms with Crippen molar-refractivity contribution in [1.82, 2.24) is 4.57 Å². The average molecular weight is 366 g/mol. The van der Waals surface area contributed by atoms with Crippen LogP contribution in [0.4, 0.5) is 0 Å². The van der Waals surface area contributed by atoms with Gasteiger partial charge in [0, 0.05) is 12.1 Å². The van der Waals surface area contributed by atoms with Crippen LogP contribution in [0.1, 0.15) is 15.9 Å². The number of allylic oxidation sites excluding steroid dienone is 1. The third kappa shape index (κ3) is 2.93. The van der Waals surface area contributed by atoms with Gasteiger partial charge in [-0.25, -0.2) is 0 Å². The molecule has 1 amide bonds. The standard InChI is InChI=1S/C20H18N2O3S/c1-3-9-22-18-13(2)5-4-6-17(18)26-20(22)21-19(23)14-7-8-15-16(12-14)25-11-10-24-15/h3-8,12H,1,9-11H2,2H3. The smallest absolute Gasteiger partial charge is 0.279 e. The van der Waals surface area contributed by atoms with Crippen molar-refractivity contribution in [2.75, 3.05) is 13.2 Å². The van der Waals surface area contributed by atoms with Crippen LogP contribution >= 0.6 is 11.3 Å². The van der Waals surface area contributed by atoms with Crippen LogP contribution in [0, 0.1) is 6.92 Å². The Labute approximate surface area is 154 Å². The van der Waals surface area contributed by atoms with E-state index in [1.54, 1.807) is 18.2 Å². The molecule has 2 aromatic carbocycles. The Morgan fingerprint density at radius 3 is 2.88 bits per heavy atom. The Hall–Kier alpha value is -2.86. The number of amides is 1. The van der Waals surface area contributed by atoms with Gasteiger partial charge < -0.3 is 14.0 Å². The molecule has 0 atom stereocenters. The van der Waals surface area contributed by atoms with Gasteiger partial charge in [0.15, 0.2) is 16.3 Å². The quantitative estimate of drug-likeness (QED) is 0.664. The molecule has 0 unspecified atom stereocenters. The molecular formula is C20H18N2O3S. The lowest BCUT2D eigenvalue weighted by atomic mass is 10.2. The van der Waals surface area contributed by atoms with Crippen molar-refractivity contribution in [3.63, 3.8) is 0 Å². The molecule has 6 heteroatoms. The van der Waals surface area contributed by atoms with Gasteiger partial charge in [0.1, 0.15) is 13.2 Å². The highest BCUT2D eigenvalue weighted by Gasteiger charge is 2.15. The fourth-order valence-corrected chi connectivity index (χ4v) is 4.13. The summed E-state index contributed by atoms with van der Waals surface area (Å²) >= 11 is 1.50. The molecule has 1 aromatic heterocycles. The fourth-order valence-electron chi connectivity index (χ4n) is 3.02. The number of aryl methyl sites for hydroxylation is 1. The number of hydrogen-bond donors (Lipinski definition) is 0. The van der Waals surface area contributed by atoms with Gasteiger partial charge in [-0.1, -0.05) is 29.5 Å². The molecule has 0 bridgehead atoms. The van der Waals surface area contributed by atoms with Crippen molar-refractivity contribution in [2.24, 2.45) is 4.99 Å². The Balaban J connectivity index is 1.80. The van der Waals surface area contributed by atoms with E-state index in [-0.39, 0.29) is 5.91 Å². The average Bonchev–Trinajstić information content (AvgIpc) is 3.00. The zero-order valence-electron chi connectivity index (χ0n) is 14.4. The summed E-state index contributed by atoms with van der Waals surface area (Å²) in [6.45, 7) is 7.48. The van der Waals surface area contributed by atoms with E-state index in [1.165, 1.54) is 11.3 Å². The summed E-state index contributed by atoms with van der Waals surface area (Å²) in [5.41, 5.74) is 2.72. The van der Waals surface area contributed by atoms with Crippen LogP contribution in [-0.4, -0.2) is 23.7 Å². The second-order valence-electron chi connectivity index (χ2n) is 5.98. The molecule has 0 radical (unpaired) electrons. The fraction of sp³-hybridized carbons (Fsp3) is 0.200. The number of carbonyl (C=O) groups excluding carboxylic acids is 1. The maximum atomic E-state index is 12.7. The second-order valence-corrected chi connectivity index (χ2v) is 6.99. The minimum atomic E-state index is -0.302. The predicted octanol–water partition coefficient (Wildman–Crippen LogP) is 3.71. The summed E-state index contributed by atoms with van der Waals surface area (Å²) in [6.07, 6.45) is 1.81. The number of nitrogens with zero attached hydrogens (tertiary/aromatic N) is 2. The van der Waals surface area contributed by atoms with E-state index in [0.29, 0.717) is 41.6 Å². The van der Waals surface area contributed by atoms with Crippen molar-refractivity contribution in [3.05, 3.63) is 65.0 Å². The second kappa shape index (κ2) is 6.80. The topological polar surface area (TPSA) is 52.8 Å². The Morgan fingerprint density at radius 2 is 2.08 bits per heavy atom. The van der Waals surface area contributed by atoms with Crippen molar-refractivity contribution < 1.29 is 14.3 Å². The van der Waals surface area contributed by atoms with Crippen LogP contribution in [0.3, 0.4) is 0 Å². The van der Waals surface area contributed by atoms with Crippen LogP contribution in [0.2, 0.25) is 0 Å². The molecule has 1 aliphatic rings. The lowest BCUT2D eigenvalue weighted by Crippen LogP contribution is -2.17. The first kappa shape index (κ1) is 16.6. The van der Waals surface area contributed by atoms with Gasteiger partial charge in [0.25, 0.3) is 5.91 Å². The zero-order valence-corrected chi connectivity index (χ0v) is 15.2. The van der Waals surface area contributed by atoms with Crippen LogP contribution in [-0.2, 0) is 6.54 Å². The number of rotatable bonds is 3. The monoisotopic (exact) mass is 366 g/mol. The van der Waals surface area contributed by atoms with E-state index >= 15 is 0 Å². The number of hydrogen-bond acceptors (Lipinski definition) is 4. The summed E-state index contributed by atoms with van der Waals surface area (Å²) < 4.78 is 14.2. The molecule has 0 saturated carbocycles. The summed E-state index contributed by atoms with van der Waals surface area (Å²) in [5, 5.41) is 0. The first-order chi connectivity index (χ1) is 12.7. The lowest BCUT2D eigenvalue weighted by Gasteiger charge is -2.18.